The van der Waals surface area contributed by atoms with Gasteiger partial charge < -0.3 is 0 Å². The Labute approximate surface area is 116 Å². The van der Waals surface area contributed by atoms with Gasteiger partial charge in [-0.1, -0.05) is 28.1 Å². The molecule has 0 nitrogen and oxygen atoms in total. The molecule has 0 saturated heterocycles. The van der Waals surface area contributed by atoms with Crippen molar-refractivity contribution < 1.29 is 17.6 Å². The van der Waals surface area contributed by atoms with Gasteiger partial charge in [0.1, 0.15) is 23.3 Å². The van der Waals surface area contributed by atoms with E-state index in [2.05, 4.69) is 15.9 Å². The van der Waals surface area contributed by atoms with Gasteiger partial charge in [-0.3, -0.25) is 0 Å². The quantitative estimate of drug-likeness (QED) is 0.552. The van der Waals surface area contributed by atoms with E-state index in [4.69, 9.17) is 0 Å². The predicted octanol–water partition coefficient (Wildman–Crippen LogP) is 4.92. The molecule has 2 aromatic rings. The first-order valence-corrected chi connectivity index (χ1v) is 6.42. The number of hydrogen-bond donors (Lipinski definition) is 0. The molecule has 19 heavy (non-hydrogen) atoms. The summed E-state index contributed by atoms with van der Waals surface area (Å²) in [6, 6.07) is 6.87. The first-order chi connectivity index (χ1) is 8.97. The van der Waals surface area contributed by atoms with E-state index in [9.17, 15) is 17.6 Å². The van der Waals surface area contributed by atoms with E-state index in [1.165, 1.54) is 24.3 Å². The zero-order valence-electron chi connectivity index (χ0n) is 9.64. The zero-order chi connectivity index (χ0) is 14.0. The SMILES string of the molecule is Fc1ccc(CC(Br)c2c(F)cc(F)cc2F)cc1. The first-order valence-electron chi connectivity index (χ1n) is 5.50. The van der Waals surface area contributed by atoms with Crippen molar-refractivity contribution in [3.63, 3.8) is 0 Å². The van der Waals surface area contributed by atoms with Crippen LogP contribution < -0.4 is 0 Å². The Morgan fingerprint density at radius 3 is 1.89 bits per heavy atom. The smallest absolute Gasteiger partial charge is 0.133 e. The lowest BCUT2D eigenvalue weighted by atomic mass is 10.0. The fraction of sp³-hybridized carbons (Fsp3) is 0.143. The molecule has 2 rings (SSSR count). The van der Waals surface area contributed by atoms with Crippen LogP contribution in [0.5, 0.6) is 0 Å². The summed E-state index contributed by atoms with van der Waals surface area (Å²) < 4.78 is 52.7. The molecule has 0 aliphatic carbocycles. The lowest BCUT2D eigenvalue weighted by Crippen LogP contribution is -2.03. The molecule has 0 aliphatic heterocycles. The fourth-order valence-electron chi connectivity index (χ4n) is 1.78. The van der Waals surface area contributed by atoms with Crippen molar-refractivity contribution in [2.24, 2.45) is 0 Å². The minimum absolute atomic E-state index is 0.231. The summed E-state index contributed by atoms with van der Waals surface area (Å²) in [7, 11) is 0. The van der Waals surface area contributed by atoms with Crippen molar-refractivity contribution in [1.82, 2.24) is 0 Å². The fourth-order valence-corrected chi connectivity index (χ4v) is 2.59. The standard InChI is InChI=1S/C14H9BrF4/c15-11(5-8-1-3-9(16)4-2-8)14-12(18)6-10(17)7-13(14)19/h1-4,6-7,11H,5H2. The monoisotopic (exact) mass is 332 g/mol. The number of rotatable bonds is 3. The normalized spacial score (nSPS) is 12.5. The van der Waals surface area contributed by atoms with Crippen LogP contribution in [0.4, 0.5) is 17.6 Å². The molecule has 5 heteroatoms. The van der Waals surface area contributed by atoms with E-state index in [0.29, 0.717) is 17.7 Å². The lowest BCUT2D eigenvalue weighted by molar-refractivity contribution is 0.522. The highest BCUT2D eigenvalue weighted by Gasteiger charge is 2.19. The molecule has 0 radical (unpaired) electrons. The summed E-state index contributed by atoms with van der Waals surface area (Å²) >= 11 is 3.17. The minimum atomic E-state index is -0.958. The lowest BCUT2D eigenvalue weighted by Gasteiger charge is -2.12. The van der Waals surface area contributed by atoms with Crippen LogP contribution in [-0.2, 0) is 6.42 Å². The minimum Gasteiger partial charge on any atom is -0.207 e. The maximum Gasteiger partial charge on any atom is 0.133 e. The van der Waals surface area contributed by atoms with Crippen molar-refractivity contribution in [3.8, 4) is 0 Å². The van der Waals surface area contributed by atoms with Gasteiger partial charge in [0.15, 0.2) is 0 Å². The third-order valence-corrected chi connectivity index (χ3v) is 3.47. The van der Waals surface area contributed by atoms with Crippen molar-refractivity contribution >= 4 is 15.9 Å². The molecule has 0 N–H and O–H groups in total. The summed E-state index contributed by atoms with van der Waals surface area (Å²) in [6.07, 6.45) is 0.264. The molecular formula is C14H9BrF4. The molecular weight excluding hydrogens is 324 g/mol. The van der Waals surface area contributed by atoms with E-state index in [0.717, 1.165) is 0 Å². The van der Waals surface area contributed by atoms with Crippen LogP contribution in [0.3, 0.4) is 0 Å². The van der Waals surface area contributed by atoms with Gasteiger partial charge in [0.2, 0.25) is 0 Å². The van der Waals surface area contributed by atoms with Crippen molar-refractivity contribution in [3.05, 3.63) is 70.8 Å². The van der Waals surface area contributed by atoms with E-state index in [1.54, 1.807) is 0 Å². The molecule has 1 unspecified atom stereocenters. The van der Waals surface area contributed by atoms with E-state index in [1.807, 2.05) is 0 Å². The summed E-state index contributed by atoms with van der Waals surface area (Å²) in [5, 5.41) is 0. The van der Waals surface area contributed by atoms with Crippen molar-refractivity contribution in [2.45, 2.75) is 11.2 Å². The van der Waals surface area contributed by atoms with Crippen LogP contribution in [0.1, 0.15) is 16.0 Å². The highest BCUT2D eigenvalue weighted by atomic mass is 79.9. The Kier molecular flexibility index (Phi) is 4.24. The van der Waals surface area contributed by atoms with Crippen molar-refractivity contribution in [2.75, 3.05) is 0 Å². The van der Waals surface area contributed by atoms with Gasteiger partial charge in [0, 0.05) is 22.5 Å². The Hall–Kier alpha value is -1.36. The first kappa shape index (κ1) is 14.1. The van der Waals surface area contributed by atoms with Crippen LogP contribution in [-0.4, -0.2) is 0 Å². The third-order valence-electron chi connectivity index (χ3n) is 2.69. The Balaban J connectivity index is 2.25. The van der Waals surface area contributed by atoms with Crippen molar-refractivity contribution in [1.29, 1.82) is 0 Å². The summed E-state index contributed by atoms with van der Waals surface area (Å²) in [4.78, 5) is -0.654. The predicted molar refractivity (Wildman–Crippen MR) is 68.1 cm³/mol. The highest BCUT2D eigenvalue weighted by molar-refractivity contribution is 9.09. The molecule has 0 aromatic heterocycles. The Morgan fingerprint density at radius 2 is 1.37 bits per heavy atom. The second-order valence-corrected chi connectivity index (χ2v) is 5.19. The molecule has 0 saturated carbocycles. The summed E-state index contributed by atoms with van der Waals surface area (Å²) in [5.41, 5.74) is 0.483. The van der Waals surface area contributed by atoms with Gasteiger partial charge >= 0.3 is 0 Å². The molecule has 0 amide bonds. The second-order valence-electron chi connectivity index (χ2n) is 4.08. The van der Waals surface area contributed by atoms with Crippen LogP contribution >= 0.6 is 15.9 Å². The van der Waals surface area contributed by atoms with E-state index < -0.39 is 22.3 Å². The summed E-state index contributed by atoms with van der Waals surface area (Å²) in [5.74, 6) is -3.22. The van der Waals surface area contributed by atoms with Gasteiger partial charge in [0.05, 0.1) is 0 Å². The van der Waals surface area contributed by atoms with Crippen LogP contribution in [0, 0.1) is 23.3 Å². The van der Waals surface area contributed by atoms with E-state index >= 15 is 0 Å². The molecule has 100 valence electrons. The van der Waals surface area contributed by atoms with Crippen LogP contribution in [0.25, 0.3) is 0 Å². The molecule has 0 aliphatic rings. The number of alkyl halides is 1. The largest absolute Gasteiger partial charge is 0.207 e. The molecule has 1 atom stereocenters. The molecule has 0 spiro atoms. The molecule has 0 bridgehead atoms. The maximum absolute atomic E-state index is 13.6. The topological polar surface area (TPSA) is 0 Å². The Bertz CT molecular complexity index is 557. The van der Waals surface area contributed by atoms with Gasteiger partial charge in [-0.25, -0.2) is 17.6 Å². The average molecular weight is 333 g/mol. The number of halogens is 5. The third kappa shape index (κ3) is 3.35. The molecule has 0 fully saturated rings. The average Bonchev–Trinajstić information content (AvgIpc) is 2.30. The highest BCUT2D eigenvalue weighted by Crippen LogP contribution is 2.31. The van der Waals surface area contributed by atoms with Crippen LogP contribution in [0.2, 0.25) is 0 Å². The maximum atomic E-state index is 13.6. The Morgan fingerprint density at radius 1 is 0.842 bits per heavy atom. The number of benzene rings is 2. The second kappa shape index (κ2) is 5.74. The van der Waals surface area contributed by atoms with Gasteiger partial charge in [0.25, 0.3) is 0 Å². The summed E-state index contributed by atoms with van der Waals surface area (Å²) in [6.45, 7) is 0. The number of hydrogen-bond acceptors (Lipinski definition) is 0. The van der Waals surface area contributed by atoms with E-state index in [-0.39, 0.29) is 17.8 Å². The van der Waals surface area contributed by atoms with Gasteiger partial charge in [-0.2, -0.15) is 0 Å². The van der Waals surface area contributed by atoms with Crippen LogP contribution in [0.15, 0.2) is 36.4 Å². The molecule has 0 heterocycles. The molecule has 2 aromatic carbocycles. The van der Waals surface area contributed by atoms with Gasteiger partial charge in [-0.05, 0) is 24.1 Å². The van der Waals surface area contributed by atoms with Gasteiger partial charge in [-0.15, -0.1) is 0 Å². The zero-order valence-corrected chi connectivity index (χ0v) is 11.2.